The van der Waals surface area contributed by atoms with Gasteiger partial charge in [-0.1, -0.05) is 18.2 Å². The maximum atomic E-state index is 12.1. The van der Waals surface area contributed by atoms with Crippen molar-refractivity contribution in [1.82, 2.24) is 9.47 Å². The summed E-state index contributed by atoms with van der Waals surface area (Å²) in [6.45, 7) is 2.19. The van der Waals surface area contributed by atoms with Crippen LogP contribution in [0.25, 0.3) is 10.9 Å². The Kier molecular flexibility index (Phi) is 3.49. The van der Waals surface area contributed by atoms with E-state index >= 15 is 0 Å². The molecule has 4 heteroatoms. The highest BCUT2D eigenvalue weighted by Crippen LogP contribution is 2.23. The molecule has 1 aromatic heterocycles. The molecule has 0 amide bonds. The SMILES string of the molecule is CN1CCCC(Nc2cc(=O)n(C)c3ccccc23)C1. The number of likely N-dealkylation sites (N-methyl/N-ethyl adjacent to an activating group) is 1. The number of aryl methyl sites for hydroxylation is 1. The van der Waals surface area contributed by atoms with Gasteiger partial charge in [0.2, 0.25) is 0 Å². The summed E-state index contributed by atoms with van der Waals surface area (Å²) in [5, 5.41) is 4.68. The number of hydrogen-bond acceptors (Lipinski definition) is 3. The van der Waals surface area contributed by atoms with Gasteiger partial charge in [0.15, 0.2) is 0 Å². The topological polar surface area (TPSA) is 37.3 Å². The normalized spacial score (nSPS) is 20.2. The maximum Gasteiger partial charge on any atom is 0.252 e. The predicted octanol–water partition coefficient (Wildman–Crippen LogP) is 2.04. The number of anilines is 1. The first-order chi connectivity index (χ1) is 9.65. The van der Waals surface area contributed by atoms with Gasteiger partial charge in [0.25, 0.3) is 5.56 Å². The summed E-state index contributed by atoms with van der Waals surface area (Å²) < 4.78 is 1.70. The van der Waals surface area contributed by atoms with Crippen LogP contribution in [-0.4, -0.2) is 35.6 Å². The fraction of sp³-hybridized carbons (Fsp3) is 0.438. The highest BCUT2D eigenvalue weighted by molar-refractivity contribution is 5.91. The number of likely N-dealkylation sites (tertiary alicyclic amines) is 1. The third kappa shape index (κ3) is 2.43. The molecule has 1 fully saturated rings. The Morgan fingerprint density at radius 3 is 2.85 bits per heavy atom. The number of nitrogens with one attached hydrogen (secondary N) is 1. The van der Waals surface area contributed by atoms with Crippen LogP contribution in [0.1, 0.15) is 12.8 Å². The van der Waals surface area contributed by atoms with Gasteiger partial charge in [-0.05, 0) is 32.5 Å². The Labute approximate surface area is 119 Å². The van der Waals surface area contributed by atoms with Crippen molar-refractivity contribution in [3.05, 3.63) is 40.7 Å². The average molecular weight is 271 g/mol. The standard InChI is InChI=1S/C16H21N3O/c1-18-9-5-6-12(11-18)17-14-10-16(20)19(2)15-8-4-3-7-13(14)15/h3-4,7-8,10,12,17H,5-6,9,11H2,1-2H3. The van der Waals surface area contributed by atoms with Gasteiger partial charge in [-0.25, -0.2) is 0 Å². The van der Waals surface area contributed by atoms with Gasteiger partial charge >= 0.3 is 0 Å². The van der Waals surface area contributed by atoms with E-state index in [0.717, 1.165) is 36.1 Å². The third-order valence-electron chi connectivity index (χ3n) is 4.14. The summed E-state index contributed by atoms with van der Waals surface area (Å²) in [6, 6.07) is 10.2. The van der Waals surface area contributed by atoms with Crippen LogP contribution in [-0.2, 0) is 7.05 Å². The van der Waals surface area contributed by atoms with Crippen LogP contribution in [0, 0.1) is 0 Å². The average Bonchev–Trinajstić information content (AvgIpc) is 2.45. The van der Waals surface area contributed by atoms with Crippen molar-refractivity contribution in [2.75, 3.05) is 25.5 Å². The lowest BCUT2D eigenvalue weighted by Crippen LogP contribution is -2.40. The lowest BCUT2D eigenvalue weighted by Gasteiger charge is -2.31. The van der Waals surface area contributed by atoms with E-state index in [0.29, 0.717) is 6.04 Å². The van der Waals surface area contributed by atoms with Crippen LogP contribution in [0.5, 0.6) is 0 Å². The van der Waals surface area contributed by atoms with E-state index in [2.05, 4.69) is 23.3 Å². The molecule has 0 bridgehead atoms. The van der Waals surface area contributed by atoms with Crippen LogP contribution < -0.4 is 10.9 Å². The first kappa shape index (κ1) is 13.2. The monoisotopic (exact) mass is 271 g/mol. The fourth-order valence-corrected chi connectivity index (χ4v) is 3.03. The minimum absolute atomic E-state index is 0.0374. The van der Waals surface area contributed by atoms with E-state index in [9.17, 15) is 4.79 Å². The Morgan fingerprint density at radius 1 is 1.25 bits per heavy atom. The lowest BCUT2D eigenvalue weighted by molar-refractivity contribution is 0.261. The largest absolute Gasteiger partial charge is 0.380 e. The Morgan fingerprint density at radius 2 is 2.05 bits per heavy atom. The minimum atomic E-state index is 0.0374. The number of benzene rings is 1. The zero-order chi connectivity index (χ0) is 14.1. The van der Waals surface area contributed by atoms with Crippen LogP contribution in [0.4, 0.5) is 5.69 Å². The number of fused-ring (bicyclic) bond motifs is 1. The number of hydrogen-bond donors (Lipinski definition) is 1. The van der Waals surface area contributed by atoms with Crippen molar-refractivity contribution in [1.29, 1.82) is 0 Å². The molecule has 3 rings (SSSR count). The number of nitrogens with zero attached hydrogens (tertiary/aromatic N) is 2. The third-order valence-corrected chi connectivity index (χ3v) is 4.14. The van der Waals surface area contributed by atoms with Gasteiger partial charge < -0.3 is 14.8 Å². The van der Waals surface area contributed by atoms with Gasteiger partial charge in [-0.2, -0.15) is 0 Å². The van der Waals surface area contributed by atoms with Gasteiger partial charge in [0, 0.05) is 36.8 Å². The molecule has 1 aliphatic rings. The van der Waals surface area contributed by atoms with Gasteiger partial charge in [-0.3, -0.25) is 4.79 Å². The molecule has 0 spiro atoms. The first-order valence-electron chi connectivity index (χ1n) is 7.19. The molecule has 0 radical (unpaired) electrons. The first-order valence-corrected chi connectivity index (χ1v) is 7.19. The van der Waals surface area contributed by atoms with E-state index in [1.807, 2.05) is 25.2 Å². The zero-order valence-corrected chi connectivity index (χ0v) is 12.1. The molecule has 1 aromatic carbocycles. The molecule has 1 aliphatic heterocycles. The summed E-state index contributed by atoms with van der Waals surface area (Å²) in [7, 11) is 3.97. The van der Waals surface area contributed by atoms with Crippen molar-refractivity contribution in [3.63, 3.8) is 0 Å². The maximum absolute atomic E-state index is 12.1. The molecular formula is C16H21N3O. The lowest BCUT2D eigenvalue weighted by atomic mass is 10.1. The van der Waals surface area contributed by atoms with Crippen LogP contribution >= 0.6 is 0 Å². The minimum Gasteiger partial charge on any atom is -0.380 e. The summed E-state index contributed by atoms with van der Waals surface area (Å²) >= 11 is 0. The van der Waals surface area contributed by atoms with E-state index in [-0.39, 0.29) is 5.56 Å². The number of para-hydroxylation sites is 1. The molecule has 0 aliphatic carbocycles. The second-order valence-electron chi connectivity index (χ2n) is 5.72. The molecule has 1 atom stereocenters. The van der Waals surface area contributed by atoms with Crippen molar-refractivity contribution in [2.24, 2.45) is 7.05 Å². The molecule has 0 saturated carbocycles. The molecule has 1 saturated heterocycles. The molecule has 2 heterocycles. The van der Waals surface area contributed by atoms with Gasteiger partial charge in [-0.15, -0.1) is 0 Å². The second-order valence-corrected chi connectivity index (χ2v) is 5.72. The Balaban J connectivity index is 1.99. The second kappa shape index (κ2) is 5.29. The number of pyridine rings is 1. The van der Waals surface area contributed by atoms with Gasteiger partial charge in [0.1, 0.15) is 0 Å². The summed E-state index contributed by atoms with van der Waals surface area (Å²) in [4.78, 5) is 14.4. The van der Waals surface area contributed by atoms with Crippen molar-refractivity contribution in [3.8, 4) is 0 Å². The molecular weight excluding hydrogens is 250 g/mol. The van der Waals surface area contributed by atoms with Crippen molar-refractivity contribution in [2.45, 2.75) is 18.9 Å². The predicted molar refractivity (Wildman–Crippen MR) is 83.3 cm³/mol. The molecule has 1 N–H and O–H groups in total. The summed E-state index contributed by atoms with van der Waals surface area (Å²) in [5.41, 5.74) is 1.98. The Bertz CT molecular complexity index is 677. The summed E-state index contributed by atoms with van der Waals surface area (Å²) in [5.74, 6) is 0. The van der Waals surface area contributed by atoms with E-state index in [1.54, 1.807) is 10.6 Å². The van der Waals surface area contributed by atoms with E-state index in [4.69, 9.17) is 0 Å². The number of rotatable bonds is 2. The molecule has 4 nitrogen and oxygen atoms in total. The highest BCUT2D eigenvalue weighted by Gasteiger charge is 2.18. The zero-order valence-electron chi connectivity index (χ0n) is 12.1. The molecule has 106 valence electrons. The van der Waals surface area contributed by atoms with Crippen molar-refractivity contribution >= 4 is 16.6 Å². The number of piperidine rings is 1. The van der Waals surface area contributed by atoms with Crippen molar-refractivity contribution < 1.29 is 0 Å². The fourth-order valence-electron chi connectivity index (χ4n) is 3.03. The molecule has 20 heavy (non-hydrogen) atoms. The van der Waals surface area contributed by atoms with Gasteiger partial charge in [0.05, 0.1) is 5.52 Å². The smallest absolute Gasteiger partial charge is 0.252 e. The van der Waals surface area contributed by atoms with Crippen LogP contribution in [0.2, 0.25) is 0 Å². The van der Waals surface area contributed by atoms with E-state index < -0.39 is 0 Å². The van der Waals surface area contributed by atoms with E-state index in [1.165, 1.54) is 6.42 Å². The highest BCUT2D eigenvalue weighted by atomic mass is 16.1. The molecule has 2 aromatic rings. The molecule has 1 unspecified atom stereocenters. The number of aromatic nitrogens is 1. The Hall–Kier alpha value is -1.81. The summed E-state index contributed by atoms with van der Waals surface area (Å²) in [6.07, 6.45) is 2.37. The quantitative estimate of drug-likeness (QED) is 0.908. The van der Waals surface area contributed by atoms with Crippen LogP contribution in [0.15, 0.2) is 35.1 Å². The van der Waals surface area contributed by atoms with Crippen LogP contribution in [0.3, 0.4) is 0 Å².